The van der Waals surface area contributed by atoms with E-state index >= 15 is 0 Å². The van der Waals surface area contributed by atoms with Gasteiger partial charge in [-0.25, -0.2) is 4.79 Å². The summed E-state index contributed by atoms with van der Waals surface area (Å²) in [4.78, 5) is 38.4. The minimum absolute atomic E-state index is 0.0550. The first-order valence-electron chi connectivity index (χ1n) is 9.62. The number of para-hydroxylation sites is 1. The zero-order chi connectivity index (χ0) is 22.8. The van der Waals surface area contributed by atoms with Crippen molar-refractivity contribution in [3.05, 3.63) is 40.3 Å². The molecule has 166 valence electrons. The van der Waals surface area contributed by atoms with E-state index in [4.69, 9.17) is 4.74 Å². The van der Waals surface area contributed by atoms with Gasteiger partial charge in [-0.15, -0.1) is 21.5 Å². The fourth-order valence-corrected chi connectivity index (χ4v) is 6.05. The Morgan fingerprint density at radius 3 is 2.72 bits per heavy atom. The van der Waals surface area contributed by atoms with Gasteiger partial charge in [-0.05, 0) is 31.5 Å². The second-order valence-corrected chi connectivity index (χ2v) is 9.54. The van der Waals surface area contributed by atoms with Crippen LogP contribution in [-0.2, 0) is 9.53 Å². The maximum absolute atomic E-state index is 12.7. The van der Waals surface area contributed by atoms with Crippen molar-refractivity contribution in [2.75, 3.05) is 24.7 Å². The van der Waals surface area contributed by atoms with Crippen molar-refractivity contribution in [1.82, 2.24) is 19.9 Å². The predicted octanol–water partition coefficient (Wildman–Crippen LogP) is 3.58. The molecule has 4 rings (SSSR count). The Labute approximate surface area is 195 Å². The zero-order valence-corrected chi connectivity index (χ0v) is 19.9. The van der Waals surface area contributed by atoms with Crippen molar-refractivity contribution in [1.29, 1.82) is 0 Å². The molecular formula is C20H19N5O4S3. The number of rotatable bonds is 7. The molecule has 0 spiro atoms. The highest BCUT2D eigenvalue weighted by atomic mass is 32.2. The molecule has 0 aliphatic heterocycles. The number of benzene rings is 1. The predicted molar refractivity (Wildman–Crippen MR) is 126 cm³/mol. The van der Waals surface area contributed by atoms with Crippen LogP contribution in [0.25, 0.3) is 15.2 Å². The average Bonchev–Trinajstić information content (AvgIpc) is 3.44. The topological polar surface area (TPSA) is 115 Å². The molecule has 2 N–H and O–H groups in total. The third-order valence-corrected chi connectivity index (χ3v) is 7.70. The van der Waals surface area contributed by atoms with E-state index in [1.807, 2.05) is 28.7 Å². The Balaban J connectivity index is 1.55. The summed E-state index contributed by atoms with van der Waals surface area (Å²) in [5, 5.41) is 14.6. The molecule has 3 heterocycles. The number of thiazole rings is 1. The number of carbonyl (C=O) groups is 3. The van der Waals surface area contributed by atoms with E-state index < -0.39 is 5.97 Å². The molecule has 12 heteroatoms. The number of hydrogen-bond donors (Lipinski definition) is 2. The van der Waals surface area contributed by atoms with Crippen LogP contribution in [0.4, 0.5) is 5.00 Å². The molecule has 0 aliphatic carbocycles. The second kappa shape index (κ2) is 9.27. The maximum atomic E-state index is 12.7. The van der Waals surface area contributed by atoms with Gasteiger partial charge in [0.1, 0.15) is 5.00 Å². The van der Waals surface area contributed by atoms with E-state index in [0.29, 0.717) is 15.6 Å². The van der Waals surface area contributed by atoms with Crippen LogP contribution in [0.1, 0.15) is 32.5 Å². The van der Waals surface area contributed by atoms with Gasteiger partial charge in [-0.2, -0.15) is 0 Å². The molecule has 0 bridgehead atoms. The summed E-state index contributed by atoms with van der Waals surface area (Å²) in [6.45, 7) is 3.54. The molecule has 32 heavy (non-hydrogen) atoms. The van der Waals surface area contributed by atoms with Crippen LogP contribution in [0.15, 0.2) is 29.4 Å². The average molecular weight is 490 g/mol. The quantitative estimate of drug-likeness (QED) is 0.301. The molecule has 9 nitrogen and oxygen atoms in total. The van der Waals surface area contributed by atoms with Crippen molar-refractivity contribution in [2.24, 2.45) is 0 Å². The van der Waals surface area contributed by atoms with E-state index in [1.54, 1.807) is 13.8 Å². The monoisotopic (exact) mass is 489 g/mol. The smallest absolute Gasteiger partial charge is 0.341 e. The van der Waals surface area contributed by atoms with Crippen molar-refractivity contribution < 1.29 is 19.1 Å². The molecular weight excluding hydrogens is 470 g/mol. The number of aromatic nitrogens is 3. The molecule has 3 aromatic heterocycles. The number of fused-ring (bicyclic) bond motifs is 3. The molecule has 0 radical (unpaired) electrons. The Hall–Kier alpha value is -2.96. The second-order valence-electron chi connectivity index (χ2n) is 6.57. The minimum atomic E-state index is -0.580. The Morgan fingerprint density at radius 2 is 1.97 bits per heavy atom. The largest absolute Gasteiger partial charge is 0.462 e. The van der Waals surface area contributed by atoms with Crippen LogP contribution < -0.4 is 10.6 Å². The third-order valence-electron chi connectivity index (χ3n) is 4.56. The van der Waals surface area contributed by atoms with Crippen LogP contribution >= 0.6 is 34.4 Å². The van der Waals surface area contributed by atoms with Crippen LogP contribution in [-0.4, -0.2) is 51.8 Å². The first kappa shape index (κ1) is 22.2. The van der Waals surface area contributed by atoms with Gasteiger partial charge in [-0.1, -0.05) is 35.2 Å². The zero-order valence-electron chi connectivity index (χ0n) is 17.4. The minimum Gasteiger partial charge on any atom is -0.462 e. The lowest BCUT2D eigenvalue weighted by molar-refractivity contribution is -0.113. The van der Waals surface area contributed by atoms with Gasteiger partial charge >= 0.3 is 5.97 Å². The van der Waals surface area contributed by atoms with Gasteiger partial charge < -0.3 is 15.4 Å². The highest BCUT2D eigenvalue weighted by molar-refractivity contribution is 7.99. The lowest BCUT2D eigenvalue weighted by Crippen LogP contribution is -2.18. The van der Waals surface area contributed by atoms with Crippen LogP contribution in [0.2, 0.25) is 0 Å². The summed E-state index contributed by atoms with van der Waals surface area (Å²) in [6, 6.07) is 7.89. The van der Waals surface area contributed by atoms with Gasteiger partial charge in [0.2, 0.25) is 10.9 Å². The number of esters is 1. The standard InChI is InChI=1S/C20H19N5O4S3/c1-4-29-18(28)14-10(2)15(16(27)21-3)32-17(14)22-13(26)9-30-19-23-24-20-25(19)11-7-5-6-8-12(11)31-20/h5-8H,4,9H2,1-3H3,(H,21,27)(H,22,26). The lowest BCUT2D eigenvalue weighted by atomic mass is 10.1. The van der Waals surface area contributed by atoms with Crippen molar-refractivity contribution in [2.45, 2.75) is 19.0 Å². The molecule has 0 saturated carbocycles. The maximum Gasteiger partial charge on any atom is 0.341 e. The molecule has 1 aromatic carbocycles. The number of nitrogens with one attached hydrogen (secondary N) is 2. The van der Waals surface area contributed by atoms with Crippen LogP contribution in [0.3, 0.4) is 0 Å². The number of nitrogens with zero attached hydrogens (tertiary/aromatic N) is 3. The summed E-state index contributed by atoms with van der Waals surface area (Å²) in [5.74, 6) is -1.19. The number of ether oxygens (including phenoxy) is 1. The van der Waals surface area contributed by atoms with Gasteiger partial charge in [0.05, 0.1) is 33.0 Å². The summed E-state index contributed by atoms with van der Waals surface area (Å²) in [5.41, 5.74) is 1.65. The number of thiophene rings is 1. The van der Waals surface area contributed by atoms with Gasteiger partial charge in [0.15, 0.2) is 5.16 Å². The van der Waals surface area contributed by atoms with Crippen LogP contribution in [0, 0.1) is 6.92 Å². The third kappa shape index (κ3) is 4.08. The van der Waals surface area contributed by atoms with E-state index in [0.717, 1.165) is 26.5 Å². The highest BCUT2D eigenvalue weighted by Gasteiger charge is 2.26. The molecule has 0 fully saturated rings. The molecule has 0 unspecified atom stereocenters. The Bertz CT molecular complexity index is 1340. The number of hydrogen-bond acceptors (Lipinski definition) is 9. The van der Waals surface area contributed by atoms with Gasteiger partial charge in [-0.3, -0.25) is 14.0 Å². The summed E-state index contributed by atoms with van der Waals surface area (Å²) in [7, 11) is 1.51. The normalized spacial score (nSPS) is 11.1. The molecule has 0 saturated heterocycles. The fraction of sp³-hybridized carbons (Fsp3) is 0.250. The first-order valence-corrected chi connectivity index (χ1v) is 12.2. The number of thioether (sulfide) groups is 1. The Kier molecular flexibility index (Phi) is 6.44. The lowest BCUT2D eigenvalue weighted by Gasteiger charge is -2.07. The molecule has 0 aliphatic rings. The Morgan fingerprint density at radius 1 is 1.19 bits per heavy atom. The van der Waals surface area contributed by atoms with E-state index in [2.05, 4.69) is 20.8 Å². The van der Waals surface area contributed by atoms with Gasteiger partial charge in [0, 0.05) is 7.05 Å². The highest BCUT2D eigenvalue weighted by Crippen LogP contribution is 2.34. The van der Waals surface area contributed by atoms with Crippen molar-refractivity contribution in [3.63, 3.8) is 0 Å². The SMILES string of the molecule is CCOC(=O)c1c(NC(=O)CSc2nnc3sc4ccccc4n23)sc(C(=O)NC)c1C. The van der Waals surface area contributed by atoms with E-state index in [1.165, 1.54) is 30.1 Å². The fourth-order valence-electron chi connectivity index (χ4n) is 3.12. The molecule has 4 aromatic rings. The molecule has 0 atom stereocenters. The van der Waals surface area contributed by atoms with Crippen molar-refractivity contribution in [3.8, 4) is 0 Å². The number of anilines is 1. The van der Waals surface area contributed by atoms with E-state index in [-0.39, 0.29) is 34.7 Å². The summed E-state index contributed by atoms with van der Waals surface area (Å²) >= 11 is 3.81. The van der Waals surface area contributed by atoms with Gasteiger partial charge in [0.25, 0.3) is 5.91 Å². The van der Waals surface area contributed by atoms with Crippen molar-refractivity contribution >= 4 is 72.4 Å². The first-order chi connectivity index (χ1) is 15.4. The summed E-state index contributed by atoms with van der Waals surface area (Å²) < 4.78 is 8.12. The van der Waals surface area contributed by atoms with Crippen LogP contribution in [0.5, 0.6) is 0 Å². The van der Waals surface area contributed by atoms with E-state index in [9.17, 15) is 14.4 Å². The number of carbonyl (C=O) groups excluding carboxylic acids is 3. The number of amides is 2. The molecule has 2 amide bonds. The summed E-state index contributed by atoms with van der Waals surface area (Å²) in [6.07, 6.45) is 0.